The van der Waals surface area contributed by atoms with Crippen molar-refractivity contribution in [2.75, 3.05) is 13.1 Å². The zero-order chi connectivity index (χ0) is 18.2. The van der Waals surface area contributed by atoms with E-state index in [2.05, 4.69) is 30.0 Å². The molecule has 6 nitrogen and oxygen atoms in total. The van der Waals surface area contributed by atoms with E-state index in [-0.39, 0.29) is 24.9 Å². The van der Waals surface area contributed by atoms with E-state index < -0.39 is 0 Å². The van der Waals surface area contributed by atoms with Crippen molar-refractivity contribution in [2.24, 2.45) is 0 Å². The maximum atomic E-state index is 12.7. The smallest absolute Gasteiger partial charge is 0.243 e. The third-order valence-electron chi connectivity index (χ3n) is 3.68. The summed E-state index contributed by atoms with van der Waals surface area (Å²) in [6.45, 7) is 12.0. The number of nitrogens with one attached hydrogen (secondary N) is 1. The van der Waals surface area contributed by atoms with Crippen LogP contribution in [0.4, 0.5) is 0 Å². The van der Waals surface area contributed by atoms with Gasteiger partial charge in [0.2, 0.25) is 11.8 Å². The normalized spacial score (nSPS) is 10.2. The van der Waals surface area contributed by atoms with Crippen LogP contribution < -0.4 is 5.32 Å². The molecule has 0 bridgehead atoms. The van der Waals surface area contributed by atoms with E-state index >= 15 is 0 Å². The molecule has 25 heavy (non-hydrogen) atoms. The lowest BCUT2D eigenvalue weighted by atomic mass is 10.3. The van der Waals surface area contributed by atoms with Crippen LogP contribution in [0.25, 0.3) is 11.0 Å². The number of fused-ring (bicyclic) bond motifs is 1. The number of amides is 2. The third kappa shape index (κ3) is 4.44. The second kappa shape index (κ2) is 8.63. The molecule has 0 fully saturated rings. The van der Waals surface area contributed by atoms with E-state index in [0.717, 1.165) is 11.0 Å². The number of hydrogen-bond acceptors (Lipinski definition) is 3. The van der Waals surface area contributed by atoms with Gasteiger partial charge in [0.15, 0.2) is 0 Å². The number of imidazole rings is 1. The van der Waals surface area contributed by atoms with Crippen molar-refractivity contribution in [3.63, 3.8) is 0 Å². The second-order valence-corrected chi connectivity index (χ2v) is 5.40. The quantitative estimate of drug-likeness (QED) is 0.562. The van der Waals surface area contributed by atoms with Gasteiger partial charge in [0.1, 0.15) is 12.4 Å². The van der Waals surface area contributed by atoms with E-state index in [0.29, 0.717) is 18.9 Å². The fourth-order valence-electron chi connectivity index (χ4n) is 2.50. The van der Waals surface area contributed by atoms with Crippen LogP contribution in [0, 0.1) is 0 Å². The average Bonchev–Trinajstić information content (AvgIpc) is 2.97. The lowest BCUT2D eigenvalue weighted by molar-refractivity contribution is -0.130. The summed E-state index contributed by atoms with van der Waals surface area (Å²) >= 11 is 0. The van der Waals surface area contributed by atoms with Gasteiger partial charge in [0.25, 0.3) is 0 Å². The van der Waals surface area contributed by atoms with Gasteiger partial charge in [0.05, 0.1) is 17.6 Å². The second-order valence-electron chi connectivity index (χ2n) is 5.40. The van der Waals surface area contributed by atoms with Crippen molar-refractivity contribution in [3.8, 4) is 0 Å². The molecule has 130 valence electrons. The summed E-state index contributed by atoms with van der Waals surface area (Å²) in [5, 5.41) is 2.71. The first-order valence-electron chi connectivity index (χ1n) is 7.94. The Labute approximate surface area is 147 Å². The Balaban J connectivity index is 2.31. The summed E-state index contributed by atoms with van der Waals surface area (Å²) < 4.78 is 1.82. The first kappa shape index (κ1) is 18.2. The molecule has 0 spiro atoms. The molecule has 0 unspecified atom stereocenters. The molecule has 1 aromatic carbocycles. The lowest BCUT2D eigenvalue weighted by Crippen LogP contribution is -2.35. The van der Waals surface area contributed by atoms with Gasteiger partial charge in [-0.15, -0.1) is 13.2 Å². The number of benzene rings is 1. The van der Waals surface area contributed by atoms with Gasteiger partial charge in [-0.3, -0.25) is 9.59 Å². The first-order chi connectivity index (χ1) is 12.1. The van der Waals surface area contributed by atoms with Gasteiger partial charge in [0, 0.05) is 13.1 Å². The molecule has 2 aromatic rings. The van der Waals surface area contributed by atoms with Gasteiger partial charge in [-0.1, -0.05) is 30.9 Å². The third-order valence-corrected chi connectivity index (χ3v) is 3.68. The highest BCUT2D eigenvalue weighted by Gasteiger charge is 2.17. The summed E-state index contributed by atoms with van der Waals surface area (Å²) in [6, 6.07) is 7.55. The average molecular weight is 338 g/mol. The van der Waals surface area contributed by atoms with E-state index in [9.17, 15) is 9.59 Å². The topological polar surface area (TPSA) is 67.2 Å². The monoisotopic (exact) mass is 338 g/mol. The fraction of sp³-hybridized carbons (Fsp3) is 0.211. The van der Waals surface area contributed by atoms with Crippen LogP contribution in [0.2, 0.25) is 0 Å². The number of aromatic nitrogens is 2. The summed E-state index contributed by atoms with van der Waals surface area (Å²) in [6.07, 6.45) is 4.56. The Morgan fingerprint density at radius 3 is 2.48 bits per heavy atom. The predicted octanol–water partition coefficient (Wildman–Crippen LogP) is 2.04. The molecule has 0 atom stereocenters. The molecule has 0 radical (unpaired) electrons. The van der Waals surface area contributed by atoms with Crippen LogP contribution in [0.1, 0.15) is 5.82 Å². The van der Waals surface area contributed by atoms with Crippen molar-refractivity contribution in [3.05, 3.63) is 68.1 Å². The standard InChI is InChI=1S/C19H22N4O2/c1-4-11-22(12-5-2)19(25)14-23-16-10-8-7-9-15(16)21-17(23)13-20-18(24)6-3/h4-10H,1-3,11-14H2,(H,20,24). The van der Waals surface area contributed by atoms with Gasteiger partial charge in [-0.2, -0.15) is 0 Å². The van der Waals surface area contributed by atoms with E-state index in [1.54, 1.807) is 17.1 Å². The zero-order valence-electron chi connectivity index (χ0n) is 14.1. The Hall–Kier alpha value is -3.15. The van der Waals surface area contributed by atoms with Gasteiger partial charge in [-0.25, -0.2) is 4.98 Å². The molecule has 1 heterocycles. The summed E-state index contributed by atoms with van der Waals surface area (Å²) in [5.41, 5.74) is 1.62. The maximum absolute atomic E-state index is 12.7. The number of nitrogens with zero attached hydrogens (tertiary/aromatic N) is 3. The number of rotatable bonds is 9. The van der Waals surface area contributed by atoms with E-state index in [4.69, 9.17) is 0 Å². The van der Waals surface area contributed by atoms with E-state index in [1.165, 1.54) is 6.08 Å². The molecular weight excluding hydrogens is 316 g/mol. The van der Waals surface area contributed by atoms with Crippen molar-refractivity contribution in [1.82, 2.24) is 19.8 Å². The minimum atomic E-state index is -0.287. The number of carbonyl (C=O) groups excluding carboxylic acids is 2. The molecule has 0 aliphatic carbocycles. The highest BCUT2D eigenvalue weighted by molar-refractivity contribution is 5.87. The van der Waals surface area contributed by atoms with Gasteiger partial charge >= 0.3 is 0 Å². The molecule has 6 heteroatoms. The van der Waals surface area contributed by atoms with Crippen LogP contribution in [0.3, 0.4) is 0 Å². The lowest BCUT2D eigenvalue weighted by Gasteiger charge is -2.20. The van der Waals surface area contributed by atoms with Crippen LogP contribution >= 0.6 is 0 Å². The maximum Gasteiger partial charge on any atom is 0.243 e. The minimum absolute atomic E-state index is 0.0701. The van der Waals surface area contributed by atoms with Crippen LogP contribution in [-0.4, -0.2) is 39.4 Å². The van der Waals surface area contributed by atoms with Crippen LogP contribution in [0.15, 0.2) is 62.2 Å². The fourth-order valence-corrected chi connectivity index (χ4v) is 2.50. The van der Waals surface area contributed by atoms with Crippen molar-refractivity contribution in [1.29, 1.82) is 0 Å². The number of para-hydroxylation sites is 2. The molecule has 1 N–H and O–H groups in total. The SMILES string of the molecule is C=CCN(CC=C)C(=O)Cn1c(CNC(=O)C=C)nc2ccccc21. The minimum Gasteiger partial charge on any atom is -0.345 e. The number of carbonyl (C=O) groups is 2. The first-order valence-corrected chi connectivity index (χ1v) is 7.94. The van der Waals surface area contributed by atoms with Crippen molar-refractivity contribution >= 4 is 22.8 Å². The molecule has 0 saturated carbocycles. The summed E-state index contributed by atoms with van der Waals surface area (Å²) in [5.74, 6) is 0.256. The molecule has 2 amide bonds. The van der Waals surface area contributed by atoms with E-state index in [1.807, 2.05) is 28.8 Å². The highest BCUT2D eigenvalue weighted by atomic mass is 16.2. The molecule has 2 rings (SSSR count). The van der Waals surface area contributed by atoms with Crippen molar-refractivity contribution < 1.29 is 9.59 Å². The predicted molar refractivity (Wildman–Crippen MR) is 98.8 cm³/mol. The van der Waals surface area contributed by atoms with Gasteiger partial charge in [-0.05, 0) is 18.2 Å². The van der Waals surface area contributed by atoms with Gasteiger partial charge < -0.3 is 14.8 Å². The molecule has 1 aromatic heterocycles. The Morgan fingerprint density at radius 1 is 1.16 bits per heavy atom. The molecule has 0 aliphatic rings. The molecule has 0 saturated heterocycles. The van der Waals surface area contributed by atoms with Crippen molar-refractivity contribution in [2.45, 2.75) is 13.1 Å². The highest BCUT2D eigenvalue weighted by Crippen LogP contribution is 2.16. The summed E-state index contributed by atoms with van der Waals surface area (Å²) in [7, 11) is 0. The van der Waals surface area contributed by atoms with Crippen LogP contribution in [-0.2, 0) is 22.7 Å². The largest absolute Gasteiger partial charge is 0.345 e. The Kier molecular flexibility index (Phi) is 6.28. The number of hydrogen-bond donors (Lipinski definition) is 1. The Bertz CT molecular complexity index is 797. The zero-order valence-corrected chi connectivity index (χ0v) is 14.1. The molecule has 0 aliphatic heterocycles. The van der Waals surface area contributed by atoms with Crippen LogP contribution in [0.5, 0.6) is 0 Å². The molecular formula is C19H22N4O2. The summed E-state index contributed by atoms with van der Waals surface area (Å²) in [4.78, 5) is 30.3. The Morgan fingerprint density at radius 2 is 1.84 bits per heavy atom.